The molecule has 1 N–H and O–H groups in total. The van der Waals surface area contributed by atoms with E-state index >= 15 is 0 Å². The summed E-state index contributed by atoms with van der Waals surface area (Å²) in [6.07, 6.45) is 1.56. The number of carboxylic acid groups (broad SMARTS) is 1. The Morgan fingerprint density at radius 1 is 1.29 bits per heavy atom. The van der Waals surface area contributed by atoms with Gasteiger partial charge in [0.25, 0.3) is 0 Å². The van der Waals surface area contributed by atoms with Crippen LogP contribution in [-0.4, -0.2) is 22.7 Å². The molecule has 0 atom stereocenters. The van der Waals surface area contributed by atoms with Crippen molar-refractivity contribution in [1.82, 2.24) is 4.98 Å². The van der Waals surface area contributed by atoms with Gasteiger partial charge < -0.3 is 9.84 Å². The molecule has 0 saturated heterocycles. The molecule has 0 aliphatic carbocycles. The first-order valence-electron chi connectivity index (χ1n) is 6.85. The standard InChI is InChI=1S/C16H19NO3S/c1-10-7-11(2)15(12(3)8-10)20-6-4-5-14-17-13(9-21-14)16(18)19/h7-9H,4-6H2,1-3H3,(H,18,19). The van der Waals surface area contributed by atoms with Gasteiger partial charge in [-0.05, 0) is 38.3 Å². The number of hydrogen-bond acceptors (Lipinski definition) is 4. The zero-order valence-electron chi connectivity index (χ0n) is 12.5. The van der Waals surface area contributed by atoms with Gasteiger partial charge in [0.1, 0.15) is 5.75 Å². The van der Waals surface area contributed by atoms with E-state index in [-0.39, 0.29) is 5.69 Å². The highest BCUT2D eigenvalue weighted by molar-refractivity contribution is 7.09. The normalized spacial score (nSPS) is 10.6. The predicted octanol–water partition coefficient (Wildman–Crippen LogP) is 3.78. The summed E-state index contributed by atoms with van der Waals surface area (Å²) in [6.45, 7) is 6.78. The number of carbonyl (C=O) groups is 1. The summed E-state index contributed by atoms with van der Waals surface area (Å²) < 4.78 is 5.86. The second-order valence-corrected chi connectivity index (χ2v) is 6.05. The second-order valence-electron chi connectivity index (χ2n) is 5.11. The predicted molar refractivity (Wildman–Crippen MR) is 83.5 cm³/mol. The number of aromatic carboxylic acids is 1. The third kappa shape index (κ3) is 4.04. The maximum atomic E-state index is 10.8. The molecule has 0 fully saturated rings. The minimum Gasteiger partial charge on any atom is -0.493 e. The molecule has 0 radical (unpaired) electrons. The molecule has 4 nitrogen and oxygen atoms in total. The van der Waals surface area contributed by atoms with E-state index in [1.165, 1.54) is 16.9 Å². The van der Waals surface area contributed by atoms with E-state index in [9.17, 15) is 4.79 Å². The molecule has 1 heterocycles. The van der Waals surface area contributed by atoms with Gasteiger partial charge in [-0.25, -0.2) is 9.78 Å². The van der Waals surface area contributed by atoms with Gasteiger partial charge in [-0.15, -0.1) is 11.3 Å². The molecule has 112 valence electrons. The van der Waals surface area contributed by atoms with E-state index in [2.05, 4.69) is 37.9 Å². The van der Waals surface area contributed by atoms with E-state index in [4.69, 9.17) is 9.84 Å². The first kappa shape index (κ1) is 15.5. The summed E-state index contributed by atoms with van der Waals surface area (Å²) in [6, 6.07) is 4.23. The van der Waals surface area contributed by atoms with E-state index in [0.29, 0.717) is 6.61 Å². The first-order chi connectivity index (χ1) is 9.97. The summed E-state index contributed by atoms with van der Waals surface area (Å²) in [5.74, 6) is -0.0226. The molecule has 0 saturated carbocycles. The SMILES string of the molecule is Cc1cc(C)c(OCCCc2nc(C(=O)O)cs2)c(C)c1. The van der Waals surface area contributed by atoms with Crippen LogP contribution in [0.15, 0.2) is 17.5 Å². The molecule has 5 heteroatoms. The molecule has 0 aliphatic heterocycles. The van der Waals surface area contributed by atoms with Crippen molar-refractivity contribution in [3.05, 3.63) is 44.9 Å². The molecule has 0 amide bonds. The summed E-state index contributed by atoms with van der Waals surface area (Å²) in [5.41, 5.74) is 3.66. The molecule has 0 unspecified atom stereocenters. The van der Waals surface area contributed by atoms with Crippen LogP contribution in [0.5, 0.6) is 5.75 Å². The van der Waals surface area contributed by atoms with E-state index in [1.54, 1.807) is 5.38 Å². The molecule has 0 aliphatic rings. The molecule has 1 aromatic heterocycles. The van der Waals surface area contributed by atoms with Crippen LogP contribution < -0.4 is 4.74 Å². The number of benzene rings is 1. The summed E-state index contributed by atoms with van der Waals surface area (Å²) >= 11 is 1.38. The van der Waals surface area contributed by atoms with Crippen molar-refractivity contribution < 1.29 is 14.6 Å². The third-order valence-corrected chi connectivity index (χ3v) is 4.07. The molecule has 2 aromatic rings. The average molecular weight is 305 g/mol. The summed E-state index contributed by atoms with van der Waals surface area (Å²) in [7, 11) is 0. The van der Waals surface area contributed by atoms with Gasteiger partial charge in [0.15, 0.2) is 5.69 Å². The molecule has 21 heavy (non-hydrogen) atoms. The maximum absolute atomic E-state index is 10.8. The van der Waals surface area contributed by atoms with Crippen molar-refractivity contribution in [2.75, 3.05) is 6.61 Å². The monoisotopic (exact) mass is 305 g/mol. The number of ether oxygens (including phenoxy) is 1. The Balaban J connectivity index is 1.86. The van der Waals surface area contributed by atoms with Gasteiger partial charge in [0, 0.05) is 11.8 Å². The van der Waals surface area contributed by atoms with Crippen molar-refractivity contribution in [2.24, 2.45) is 0 Å². The van der Waals surface area contributed by atoms with Crippen molar-refractivity contribution in [3.8, 4) is 5.75 Å². The summed E-state index contributed by atoms with van der Waals surface area (Å²) in [4.78, 5) is 14.8. The van der Waals surface area contributed by atoms with Gasteiger partial charge in [0.05, 0.1) is 11.6 Å². The van der Waals surface area contributed by atoms with Gasteiger partial charge in [0.2, 0.25) is 0 Å². The van der Waals surface area contributed by atoms with Crippen LogP contribution in [0.2, 0.25) is 0 Å². The molecule has 2 rings (SSSR count). The lowest BCUT2D eigenvalue weighted by Gasteiger charge is -2.12. The smallest absolute Gasteiger partial charge is 0.355 e. The number of aromatic nitrogens is 1. The first-order valence-corrected chi connectivity index (χ1v) is 7.73. The van der Waals surface area contributed by atoms with E-state index < -0.39 is 5.97 Å². The van der Waals surface area contributed by atoms with Crippen LogP contribution in [-0.2, 0) is 6.42 Å². The van der Waals surface area contributed by atoms with Gasteiger partial charge >= 0.3 is 5.97 Å². The van der Waals surface area contributed by atoms with Gasteiger partial charge in [-0.3, -0.25) is 0 Å². The largest absolute Gasteiger partial charge is 0.493 e. The lowest BCUT2D eigenvalue weighted by molar-refractivity contribution is 0.0691. The topological polar surface area (TPSA) is 59.4 Å². The highest BCUT2D eigenvalue weighted by Gasteiger charge is 2.09. The Kier molecular flexibility index (Phi) is 4.96. The van der Waals surface area contributed by atoms with Crippen molar-refractivity contribution >= 4 is 17.3 Å². The maximum Gasteiger partial charge on any atom is 0.355 e. The lowest BCUT2D eigenvalue weighted by Crippen LogP contribution is -2.03. The zero-order valence-corrected chi connectivity index (χ0v) is 13.3. The number of aryl methyl sites for hydroxylation is 4. The molecule has 0 bridgehead atoms. The highest BCUT2D eigenvalue weighted by atomic mass is 32.1. The number of hydrogen-bond donors (Lipinski definition) is 1. The Bertz CT molecular complexity index is 626. The summed E-state index contributed by atoms with van der Waals surface area (Å²) in [5, 5.41) is 11.2. The quantitative estimate of drug-likeness (QED) is 0.825. The van der Waals surface area contributed by atoms with Gasteiger partial charge in [-0.1, -0.05) is 17.7 Å². The van der Waals surface area contributed by atoms with Crippen LogP contribution in [0.4, 0.5) is 0 Å². The number of nitrogens with zero attached hydrogens (tertiary/aromatic N) is 1. The Labute approximate surface area is 128 Å². The van der Waals surface area contributed by atoms with Crippen LogP contribution in [0, 0.1) is 20.8 Å². The Morgan fingerprint density at radius 3 is 2.52 bits per heavy atom. The fourth-order valence-electron chi connectivity index (χ4n) is 2.32. The van der Waals surface area contributed by atoms with E-state index in [0.717, 1.165) is 34.7 Å². The molecule has 1 aromatic carbocycles. The highest BCUT2D eigenvalue weighted by Crippen LogP contribution is 2.24. The Morgan fingerprint density at radius 2 is 1.95 bits per heavy atom. The van der Waals surface area contributed by atoms with Crippen LogP contribution in [0.1, 0.15) is 38.6 Å². The molecular weight excluding hydrogens is 286 g/mol. The van der Waals surface area contributed by atoms with Crippen LogP contribution in [0.3, 0.4) is 0 Å². The third-order valence-electron chi connectivity index (χ3n) is 3.16. The average Bonchev–Trinajstić information content (AvgIpc) is 2.85. The number of carboxylic acids is 1. The Hall–Kier alpha value is -1.88. The lowest BCUT2D eigenvalue weighted by atomic mass is 10.1. The molecule has 0 spiro atoms. The second kappa shape index (κ2) is 6.72. The molecular formula is C16H19NO3S. The minimum atomic E-state index is -0.973. The van der Waals surface area contributed by atoms with Crippen LogP contribution in [0.25, 0.3) is 0 Å². The van der Waals surface area contributed by atoms with Crippen LogP contribution >= 0.6 is 11.3 Å². The van der Waals surface area contributed by atoms with Crippen molar-refractivity contribution in [1.29, 1.82) is 0 Å². The van der Waals surface area contributed by atoms with Crippen molar-refractivity contribution in [2.45, 2.75) is 33.6 Å². The fourth-order valence-corrected chi connectivity index (χ4v) is 3.13. The number of thiazole rings is 1. The zero-order chi connectivity index (χ0) is 15.4. The van der Waals surface area contributed by atoms with Crippen molar-refractivity contribution in [3.63, 3.8) is 0 Å². The fraction of sp³-hybridized carbons (Fsp3) is 0.375. The van der Waals surface area contributed by atoms with E-state index in [1.807, 2.05) is 0 Å². The van der Waals surface area contributed by atoms with Gasteiger partial charge in [-0.2, -0.15) is 0 Å². The number of rotatable bonds is 6. The minimum absolute atomic E-state index is 0.126.